The van der Waals surface area contributed by atoms with Crippen molar-refractivity contribution in [1.82, 2.24) is 0 Å². The van der Waals surface area contributed by atoms with Gasteiger partial charge in [0.05, 0.1) is 0 Å². The zero-order chi connectivity index (χ0) is 16.6. The topological polar surface area (TPSA) is 26.7 Å². The number of phenols is 1. The van der Waals surface area contributed by atoms with Crippen molar-refractivity contribution in [2.24, 2.45) is 0 Å². The molecule has 3 heteroatoms. The average molecular weight is 310 g/mol. The van der Waals surface area contributed by atoms with E-state index in [4.69, 9.17) is 0 Å². The van der Waals surface area contributed by atoms with Crippen molar-refractivity contribution in [3.05, 3.63) is 52.6 Å². The van der Waals surface area contributed by atoms with Crippen LogP contribution < -0.4 is 9.80 Å². The molecule has 0 radical (unpaired) electrons. The molecule has 0 aliphatic carbocycles. The van der Waals surface area contributed by atoms with Crippen LogP contribution in [-0.4, -0.2) is 31.3 Å². The summed E-state index contributed by atoms with van der Waals surface area (Å²) in [5.74, 6) is 0.419. The first-order valence-corrected chi connectivity index (χ1v) is 8.33. The normalized spacial score (nSPS) is 15.1. The van der Waals surface area contributed by atoms with Crippen LogP contribution in [0.3, 0.4) is 0 Å². The van der Waals surface area contributed by atoms with Gasteiger partial charge in [0.2, 0.25) is 0 Å². The Morgan fingerprint density at radius 2 is 1.35 bits per heavy atom. The third-order valence-electron chi connectivity index (χ3n) is 5.04. The van der Waals surface area contributed by atoms with Crippen LogP contribution in [0.1, 0.15) is 22.3 Å². The number of hydrogen-bond donors (Lipinski definition) is 1. The Kier molecular flexibility index (Phi) is 4.20. The molecule has 2 aromatic rings. The average Bonchev–Trinajstić information content (AvgIpc) is 2.55. The highest BCUT2D eigenvalue weighted by Gasteiger charge is 2.20. The van der Waals surface area contributed by atoms with Crippen LogP contribution >= 0.6 is 0 Å². The summed E-state index contributed by atoms with van der Waals surface area (Å²) in [7, 11) is 0. The van der Waals surface area contributed by atoms with Crippen molar-refractivity contribution in [2.75, 3.05) is 36.0 Å². The van der Waals surface area contributed by atoms with Crippen LogP contribution in [0.25, 0.3) is 0 Å². The van der Waals surface area contributed by atoms with Crippen LogP contribution in [0.5, 0.6) is 5.75 Å². The van der Waals surface area contributed by atoms with Gasteiger partial charge in [0.15, 0.2) is 0 Å². The summed E-state index contributed by atoms with van der Waals surface area (Å²) in [6.45, 7) is 12.4. The second-order valence-electron chi connectivity index (χ2n) is 6.62. The molecule has 1 heterocycles. The van der Waals surface area contributed by atoms with Gasteiger partial charge in [-0.15, -0.1) is 0 Å². The van der Waals surface area contributed by atoms with Crippen LogP contribution in [-0.2, 0) is 0 Å². The molecule has 3 rings (SSSR count). The largest absolute Gasteiger partial charge is 0.507 e. The fraction of sp³-hybridized carbons (Fsp3) is 0.400. The van der Waals surface area contributed by atoms with Gasteiger partial charge in [-0.3, -0.25) is 0 Å². The molecule has 0 bridgehead atoms. The van der Waals surface area contributed by atoms with Gasteiger partial charge in [-0.1, -0.05) is 12.1 Å². The number of anilines is 2. The molecular formula is C20H26N2O. The Balaban J connectivity index is 1.75. The molecule has 1 fully saturated rings. The van der Waals surface area contributed by atoms with Crippen molar-refractivity contribution in [2.45, 2.75) is 27.7 Å². The maximum atomic E-state index is 9.95. The predicted octanol–water partition coefficient (Wildman–Crippen LogP) is 3.95. The Labute approximate surface area is 139 Å². The minimum atomic E-state index is 0.419. The van der Waals surface area contributed by atoms with Crippen LogP contribution in [0, 0.1) is 27.7 Å². The maximum Gasteiger partial charge on any atom is 0.121 e. The van der Waals surface area contributed by atoms with Crippen LogP contribution in [0.15, 0.2) is 30.3 Å². The Bertz CT molecular complexity index is 693. The standard InChI is InChI=1S/C20H26N2O/c1-14-6-5-7-19(17(14)4)22-10-8-21(9-11-22)18-12-15(2)20(23)16(3)13-18/h5-7,12-13,23H,8-11H2,1-4H3. The molecule has 0 atom stereocenters. The lowest BCUT2D eigenvalue weighted by Gasteiger charge is -2.38. The van der Waals surface area contributed by atoms with Crippen molar-refractivity contribution in [1.29, 1.82) is 0 Å². The highest BCUT2D eigenvalue weighted by atomic mass is 16.3. The molecule has 23 heavy (non-hydrogen) atoms. The Morgan fingerprint density at radius 3 is 1.96 bits per heavy atom. The van der Waals surface area contributed by atoms with Crippen LogP contribution in [0.2, 0.25) is 0 Å². The molecule has 0 spiro atoms. The summed E-state index contributed by atoms with van der Waals surface area (Å²) >= 11 is 0. The molecular weight excluding hydrogens is 284 g/mol. The van der Waals surface area contributed by atoms with E-state index in [-0.39, 0.29) is 0 Å². The number of aromatic hydroxyl groups is 1. The lowest BCUT2D eigenvalue weighted by atomic mass is 10.1. The van der Waals surface area contributed by atoms with E-state index in [2.05, 4.69) is 54.0 Å². The fourth-order valence-corrected chi connectivity index (χ4v) is 3.40. The van der Waals surface area contributed by atoms with Gasteiger partial charge < -0.3 is 14.9 Å². The van der Waals surface area contributed by atoms with Gasteiger partial charge in [-0.25, -0.2) is 0 Å². The molecule has 0 unspecified atom stereocenters. The van der Waals surface area contributed by atoms with Gasteiger partial charge >= 0.3 is 0 Å². The zero-order valence-corrected chi connectivity index (χ0v) is 14.6. The predicted molar refractivity (Wildman–Crippen MR) is 97.9 cm³/mol. The van der Waals surface area contributed by atoms with Crippen LogP contribution in [0.4, 0.5) is 11.4 Å². The van der Waals surface area contributed by atoms with E-state index in [0.717, 1.165) is 37.3 Å². The van der Waals surface area contributed by atoms with Crippen molar-refractivity contribution >= 4 is 11.4 Å². The number of benzene rings is 2. The molecule has 122 valence electrons. The zero-order valence-electron chi connectivity index (χ0n) is 14.6. The lowest BCUT2D eigenvalue weighted by molar-refractivity contribution is 0.467. The van der Waals surface area contributed by atoms with Gasteiger partial charge in [0.1, 0.15) is 5.75 Å². The summed E-state index contributed by atoms with van der Waals surface area (Å²) in [5, 5.41) is 9.95. The summed E-state index contributed by atoms with van der Waals surface area (Å²) in [4.78, 5) is 4.90. The first-order chi connectivity index (χ1) is 11.0. The second-order valence-corrected chi connectivity index (χ2v) is 6.62. The molecule has 1 aliphatic rings. The quantitative estimate of drug-likeness (QED) is 0.910. The first-order valence-electron chi connectivity index (χ1n) is 8.33. The van der Waals surface area contributed by atoms with Crippen molar-refractivity contribution in [3.8, 4) is 5.75 Å². The van der Waals surface area contributed by atoms with Gasteiger partial charge in [-0.05, 0) is 68.1 Å². The van der Waals surface area contributed by atoms with Gasteiger partial charge in [0, 0.05) is 37.6 Å². The molecule has 2 aromatic carbocycles. The molecule has 1 saturated heterocycles. The monoisotopic (exact) mass is 310 g/mol. The minimum Gasteiger partial charge on any atom is -0.507 e. The van der Waals surface area contributed by atoms with E-state index in [0.29, 0.717) is 5.75 Å². The maximum absolute atomic E-state index is 9.95. The van der Waals surface area contributed by atoms with E-state index >= 15 is 0 Å². The summed E-state index contributed by atoms with van der Waals surface area (Å²) in [6, 6.07) is 10.7. The van der Waals surface area contributed by atoms with E-state index < -0.39 is 0 Å². The second kappa shape index (κ2) is 6.15. The highest BCUT2D eigenvalue weighted by Crippen LogP contribution is 2.30. The molecule has 1 N–H and O–H groups in total. The van der Waals surface area contributed by atoms with Gasteiger partial charge in [-0.2, -0.15) is 0 Å². The molecule has 0 aromatic heterocycles. The number of nitrogens with zero attached hydrogens (tertiary/aromatic N) is 2. The van der Waals surface area contributed by atoms with E-state index in [9.17, 15) is 5.11 Å². The Hall–Kier alpha value is -2.16. The van der Waals surface area contributed by atoms with Gasteiger partial charge in [0.25, 0.3) is 0 Å². The van der Waals surface area contributed by atoms with E-state index in [1.165, 1.54) is 22.5 Å². The summed E-state index contributed by atoms with van der Waals surface area (Å²) in [5.41, 5.74) is 7.24. The summed E-state index contributed by atoms with van der Waals surface area (Å²) in [6.07, 6.45) is 0. The lowest BCUT2D eigenvalue weighted by Crippen LogP contribution is -2.46. The van der Waals surface area contributed by atoms with Crippen molar-refractivity contribution < 1.29 is 5.11 Å². The molecule has 3 nitrogen and oxygen atoms in total. The number of hydrogen-bond acceptors (Lipinski definition) is 3. The smallest absolute Gasteiger partial charge is 0.121 e. The highest BCUT2D eigenvalue weighted by molar-refractivity contribution is 5.60. The minimum absolute atomic E-state index is 0.419. The molecule has 0 saturated carbocycles. The number of rotatable bonds is 2. The SMILES string of the molecule is Cc1cccc(N2CCN(c3cc(C)c(O)c(C)c3)CC2)c1C. The first kappa shape index (κ1) is 15.7. The molecule has 1 aliphatic heterocycles. The number of aryl methyl sites for hydroxylation is 3. The van der Waals surface area contributed by atoms with E-state index in [1.807, 2.05) is 13.8 Å². The van der Waals surface area contributed by atoms with Crippen molar-refractivity contribution in [3.63, 3.8) is 0 Å². The number of piperazine rings is 1. The third kappa shape index (κ3) is 3.00. The number of phenolic OH excluding ortho intramolecular Hbond substituents is 1. The third-order valence-corrected chi connectivity index (χ3v) is 5.04. The summed E-state index contributed by atoms with van der Waals surface area (Å²) < 4.78 is 0. The molecule has 0 amide bonds. The Morgan fingerprint density at radius 1 is 0.783 bits per heavy atom. The van der Waals surface area contributed by atoms with E-state index in [1.54, 1.807) is 0 Å². The fourth-order valence-electron chi connectivity index (χ4n) is 3.40.